The highest BCUT2D eigenvalue weighted by molar-refractivity contribution is 4.84. The second kappa shape index (κ2) is 4.83. The van der Waals surface area contributed by atoms with E-state index in [2.05, 4.69) is 18.7 Å². The average Bonchev–Trinajstić information content (AvgIpc) is 2.86. The van der Waals surface area contributed by atoms with Crippen molar-refractivity contribution in [2.24, 2.45) is 5.92 Å². The number of hydrogen-bond donors (Lipinski definition) is 1. The fourth-order valence-electron chi connectivity index (χ4n) is 1.52. The molecule has 0 spiro atoms. The SMILES string of the molecule is CCC(C)CN(CCO)C1CC1. The standard InChI is InChI=1S/C10H21NO/c1-3-9(2)8-11(6-7-12)10-4-5-10/h9-10,12H,3-8H2,1-2H3. The molecule has 1 aliphatic rings. The van der Waals surface area contributed by atoms with Gasteiger partial charge in [-0.1, -0.05) is 20.3 Å². The fraction of sp³-hybridized carbons (Fsp3) is 1.00. The zero-order valence-electron chi connectivity index (χ0n) is 8.29. The van der Waals surface area contributed by atoms with Gasteiger partial charge in [-0.05, 0) is 18.8 Å². The molecule has 0 saturated heterocycles. The summed E-state index contributed by atoms with van der Waals surface area (Å²) in [5.74, 6) is 0.775. The van der Waals surface area contributed by atoms with Crippen LogP contribution in [0.25, 0.3) is 0 Å². The van der Waals surface area contributed by atoms with Crippen LogP contribution in [0.15, 0.2) is 0 Å². The fourth-order valence-corrected chi connectivity index (χ4v) is 1.52. The van der Waals surface area contributed by atoms with E-state index >= 15 is 0 Å². The predicted octanol–water partition coefficient (Wildman–Crippen LogP) is 1.49. The number of aliphatic hydroxyl groups is 1. The summed E-state index contributed by atoms with van der Waals surface area (Å²) >= 11 is 0. The molecule has 1 rings (SSSR count). The van der Waals surface area contributed by atoms with Crippen LogP contribution in [0.1, 0.15) is 33.1 Å². The molecule has 2 heteroatoms. The third-order valence-corrected chi connectivity index (χ3v) is 2.69. The van der Waals surface area contributed by atoms with Gasteiger partial charge in [0.1, 0.15) is 0 Å². The van der Waals surface area contributed by atoms with E-state index < -0.39 is 0 Å². The molecule has 12 heavy (non-hydrogen) atoms. The number of nitrogens with zero attached hydrogens (tertiary/aromatic N) is 1. The van der Waals surface area contributed by atoms with Crippen molar-refractivity contribution in [2.75, 3.05) is 19.7 Å². The Hall–Kier alpha value is -0.0800. The zero-order chi connectivity index (χ0) is 8.97. The number of hydrogen-bond acceptors (Lipinski definition) is 2. The van der Waals surface area contributed by atoms with E-state index in [-0.39, 0.29) is 0 Å². The molecule has 0 heterocycles. The molecule has 1 saturated carbocycles. The van der Waals surface area contributed by atoms with E-state index in [1.165, 1.54) is 25.8 Å². The molecule has 0 aromatic heterocycles. The molecule has 1 fully saturated rings. The first kappa shape index (κ1) is 10.0. The minimum atomic E-state index is 0.312. The molecule has 0 radical (unpaired) electrons. The predicted molar refractivity (Wildman–Crippen MR) is 51.1 cm³/mol. The summed E-state index contributed by atoms with van der Waals surface area (Å²) in [5.41, 5.74) is 0. The van der Waals surface area contributed by atoms with Crippen LogP contribution >= 0.6 is 0 Å². The van der Waals surface area contributed by atoms with Gasteiger partial charge >= 0.3 is 0 Å². The molecule has 0 bridgehead atoms. The molecular weight excluding hydrogens is 150 g/mol. The summed E-state index contributed by atoms with van der Waals surface area (Å²) in [6.07, 6.45) is 3.93. The number of aliphatic hydroxyl groups excluding tert-OH is 1. The first-order chi connectivity index (χ1) is 5.77. The van der Waals surface area contributed by atoms with Crippen molar-refractivity contribution in [2.45, 2.75) is 39.2 Å². The van der Waals surface area contributed by atoms with E-state index in [9.17, 15) is 0 Å². The molecule has 0 amide bonds. The van der Waals surface area contributed by atoms with Crippen molar-refractivity contribution in [1.29, 1.82) is 0 Å². The molecular formula is C10H21NO. The molecule has 0 aromatic carbocycles. The Labute approximate surface area is 75.6 Å². The highest BCUT2D eigenvalue weighted by Gasteiger charge is 2.28. The average molecular weight is 171 g/mol. The lowest BCUT2D eigenvalue weighted by molar-refractivity contribution is 0.170. The lowest BCUT2D eigenvalue weighted by Crippen LogP contribution is -2.33. The lowest BCUT2D eigenvalue weighted by atomic mass is 10.1. The van der Waals surface area contributed by atoms with Gasteiger partial charge in [-0.3, -0.25) is 4.90 Å². The summed E-state index contributed by atoms with van der Waals surface area (Å²) in [6, 6.07) is 0.797. The highest BCUT2D eigenvalue weighted by atomic mass is 16.3. The van der Waals surface area contributed by atoms with Gasteiger partial charge in [-0.25, -0.2) is 0 Å². The van der Waals surface area contributed by atoms with Crippen LogP contribution in [0.5, 0.6) is 0 Å². The van der Waals surface area contributed by atoms with Crippen molar-refractivity contribution in [3.05, 3.63) is 0 Å². The topological polar surface area (TPSA) is 23.5 Å². The van der Waals surface area contributed by atoms with Crippen molar-refractivity contribution >= 4 is 0 Å². The Balaban J connectivity index is 2.22. The van der Waals surface area contributed by atoms with Gasteiger partial charge < -0.3 is 5.11 Å². The number of rotatable bonds is 6. The molecule has 1 atom stereocenters. The van der Waals surface area contributed by atoms with Gasteiger partial charge in [-0.15, -0.1) is 0 Å². The van der Waals surface area contributed by atoms with E-state index in [1.807, 2.05) is 0 Å². The summed E-state index contributed by atoms with van der Waals surface area (Å²) in [5, 5.41) is 8.86. The first-order valence-electron chi connectivity index (χ1n) is 5.12. The van der Waals surface area contributed by atoms with Gasteiger partial charge in [0.2, 0.25) is 0 Å². The second-order valence-corrected chi connectivity index (χ2v) is 3.96. The molecule has 0 aromatic rings. The van der Waals surface area contributed by atoms with Gasteiger partial charge in [0, 0.05) is 19.1 Å². The van der Waals surface area contributed by atoms with Crippen LogP contribution in [0.4, 0.5) is 0 Å². The van der Waals surface area contributed by atoms with Crippen LogP contribution in [-0.2, 0) is 0 Å². The molecule has 0 aliphatic heterocycles. The maximum absolute atomic E-state index is 8.86. The molecule has 1 aliphatic carbocycles. The van der Waals surface area contributed by atoms with Crippen LogP contribution in [-0.4, -0.2) is 35.7 Å². The summed E-state index contributed by atoms with van der Waals surface area (Å²) in [4.78, 5) is 2.44. The lowest BCUT2D eigenvalue weighted by Gasteiger charge is -2.23. The third-order valence-electron chi connectivity index (χ3n) is 2.69. The van der Waals surface area contributed by atoms with Crippen LogP contribution in [0, 0.1) is 5.92 Å². The van der Waals surface area contributed by atoms with Crippen LogP contribution < -0.4 is 0 Å². The third kappa shape index (κ3) is 3.11. The van der Waals surface area contributed by atoms with Crippen LogP contribution in [0.2, 0.25) is 0 Å². The Morgan fingerprint density at radius 1 is 1.50 bits per heavy atom. The van der Waals surface area contributed by atoms with E-state index in [0.717, 1.165) is 18.5 Å². The Morgan fingerprint density at radius 2 is 2.17 bits per heavy atom. The quantitative estimate of drug-likeness (QED) is 0.654. The summed E-state index contributed by atoms with van der Waals surface area (Å²) in [7, 11) is 0. The van der Waals surface area contributed by atoms with Gasteiger partial charge in [0.15, 0.2) is 0 Å². The zero-order valence-corrected chi connectivity index (χ0v) is 8.29. The van der Waals surface area contributed by atoms with Gasteiger partial charge in [-0.2, -0.15) is 0 Å². The highest BCUT2D eigenvalue weighted by Crippen LogP contribution is 2.27. The summed E-state index contributed by atoms with van der Waals surface area (Å²) in [6.45, 7) is 6.87. The normalized spacial score (nSPS) is 20.0. The van der Waals surface area contributed by atoms with Crippen molar-refractivity contribution < 1.29 is 5.11 Å². The Kier molecular flexibility index (Phi) is 4.02. The van der Waals surface area contributed by atoms with E-state index in [4.69, 9.17) is 5.11 Å². The van der Waals surface area contributed by atoms with E-state index in [1.54, 1.807) is 0 Å². The molecule has 1 unspecified atom stereocenters. The molecule has 72 valence electrons. The maximum Gasteiger partial charge on any atom is 0.0558 e. The Bertz CT molecular complexity index is 123. The van der Waals surface area contributed by atoms with Crippen molar-refractivity contribution in [3.63, 3.8) is 0 Å². The summed E-state index contributed by atoms with van der Waals surface area (Å²) < 4.78 is 0. The maximum atomic E-state index is 8.86. The largest absolute Gasteiger partial charge is 0.395 e. The first-order valence-corrected chi connectivity index (χ1v) is 5.12. The smallest absolute Gasteiger partial charge is 0.0558 e. The minimum absolute atomic E-state index is 0.312. The monoisotopic (exact) mass is 171 g/mol. The second-order valence-electron chi connectivity index (χ2n) is 3.96. The molecule has 1 N–H and O–H groups in total. The van der Waals surface area contributed by atoms with Gasteiger partial charge in [0.25, 0.3) is 0 Å². The van der Waals surface area contributed by atoms with Gasteiger partial charge in [0.05, 0.1) is 6.61 Å². The van der Waals surface area contributed by atoms with E-state index in [0.29, 0.717) is 6.61 Å². The Morgan fingerprint density at radius 3 is 2.58 bits per heavy atom. The van der Waals surface area contributed by atoms with Crippen molar-refractivity contribution in [3.8, 4) is 0 Å². The minimum Gasteiger partial charge on any atom is -0.395 e. The van der Waals surface area contributed by atoms with Crippen molar-refractivity contribution in [1.82, 2.24) is 4.90 Å². The molecule has 2 nitrogen and oxygen atoms in total. The van der Waals surface area contributed by atoms with Crippen LogP contribution in [0.3, 0.4) is 0 Å².